The molecular weight excluding hydrogens is 560 g/mol. The topological polar surface area (TPSA) is 123 Å². The first-order valence-corrected chi connectivity index (χ1v) is 15.4. The van der Waals surface area contributed by atoms with Gasteiger partial charge in [-0.25, -0.2) is 0 Å². The lowest BCUT2D eigenvalue weighted by Gasteiger charge is -2.25. The van der Waals surface area contributed by atoms with Gasteiger partial charge in [-0.05, 0) is 59.9 Å². The molecule has 6 atom stereocenters. The van der Waals surface area contributed by atoms with Gasteiger partial charge in [-0.2, -0.15) is 0 Å². The number of ether oxygens (including phenoxy) is 3. The van der Waals surface area contributed by atoms with Gasteiger partial charge in [0.1, 0.15) is 17.9 Å². The predicted octanol–water partition coefficient (Wildman–Crippen LogP) is 4.50. The number of epoxide rings is 1. The Morgan fingerprint density at radius 2 is 1.70 bits per heavy atom. The molecule has 0 aromatic heterocycles. The molecule has 2 aromatic rings. The summed E-state index contributed by atoms with van der Waals surface area (Å²) in [6, 6.07) is 16.4. The third kappa shape index (κ3) is 9.51. The number of rotatable bonds is 8. The number of benzene rings is 2. The first-order valence-electron chi connectivity index (χ1n) is 15.4. The van der Waals surface area contributed by atoms with Crippen LogP contribution in [0.2, 0.25) is 0 Å². The number of Topliss-reactive ketones (excluding diaryl/α,β-unsaturated/α-hetero) is 1. The molecule has 0 radical (unpaired) electrons. The van der Waals surface area contributed by atoms with Crippen LogP contribution < -0.4 is 15.4 Å². The Kier molecular flexibility index (Phi) is 11.7. The van der Waals surface area contributed by atoms with E-state index >= 15 is 0 Å². The zero-order valence-electron chi connectivity index (χ0n) is 26.0. The maximum absolute atomic E-state index is 13.6. The predicted molar refractivity (Wildman–Crippen MR) is 166 cm³/mol. The summed E-state index contributed by atoms with van der Waals surface area (Å²) in [5, 5.41) is 5.54. The molecule has 4 rings (SSSR count). The SMILES string of the molecule is COc1ccc(C[C@H]2NC(=O)/C=C/C[C@@H]([C@H](C)[C@H]3O[C@@H]3c3ccccc3)CC(=O)[C@H](CC(C)C)OC(=O)CCNC2=O)cc1. The minimum absolute atomic E-state index is 0.000231. The number of esters is 1. The van der Waals surface area contributed by atoms with Crippen molar-refractivity contribution in [3.05, 3.63) is 77.9 Å². The Morgan fingerprint density at radius 1 is 0.977 bits per heavy atom. The van der Waals surface area contributed by atoms with Gasteiger partial charge in [0.05, 0.1) is 19.6 Å². The number of carbonyl (C=O) groups excluding carboxylic acids is 4. The van der Waals surface area contributed by atoms with E-state index < -0.39 is 29.9 Å². The van der Waals surface area contributed by atoms with Gasteiger partial charge < -0.3 is 24.8 Å². The second-order valence-corrected chi connectivity index (χ2v) is 12.1. The fraction of sp³-hybridized carbons (Fsp3) is 0.486. The van der Waals surface area contributed by atoms with Crippen molar-refractivity contribution in [1.82, 2.24) is 10.6 Å². The van der Waals surface area contributed by atoms with E-state index in [0.29, 0.717) is 18.6 Å². The van der Waals surface area contributed by atoms with Gasteiger partial charge in [-0.15, -0.1) is 0 Å². The van der Waals surface area contributed by atoms with Crippen molar-refractivity contribution in [2.75, 3.05) is 13.7 Å². The highest BCUT2D eigenvalue weighted by atomic mass is 16.6. The number of nitrogens with one attached hydrogen (secondary N) is 2. The Hall–Kier alpha value is -3.98. The molecule has 2 aromatic carbocycles. The number of carbonyl (C=O) groups is 4. The highest BCUT2D eigenvalue weighted by Crippen LogP contribution is 2.46. The minimum atomic E-state index is -0.874. The molecule has 0 unspecified atom stereocenters. The maximum Gasteiger partial charge on any atom is 0.308 e. The third-order valence-electron chi connectivity index (χ3n) is 8.27. The van der Waals surface area contributed by atoms with Crippen molar-refractivity contribution in [3.8, 4) is 5.75 Å². The van der Waals surface area contributed by atoms with E-state index in [-0.39, 0.29) is 61.6 Å². The first kappa shape index (κ1) is 32.9. The van der Waals surface area contributed by atoms with Gasteiger partial charge >= 0.3 is 5.97 Å². The molecule has 2 amide bonds. The molecule has 1 fully saturated rings. The molecule has 0 bridgehead atoms. The van der Waals surface area contributed by atoms with Gasteiger partial charge in [0.2, 0.25) is 11.8 Å². The monoisotopic (exact) mass is 604 g/mol. The van der Waals surface area contributed by atoms with Crippen LogP contribution in [0.1, 0.15) is 63.7 Å². The Balaban J connectivity index is 1.54. The Bertz CT molecular complexity index is 1310. The van der Waals surface area contributed by atoms with Crippen molar-refractivity contribution >= 4 is 23.6 Å². The van der Waals surface area contributed by atoms with E-state index in [1.165, 1.54) is 6.08 Å². The molecule has 9 heteroatoms. The second kappa shape index (κ2) is 15.7. The van der Waals surface area contributed by atoms with E-state index in [1.54, 1.807) is 25.3 Å². The van der Waals surface area contributed by atoms with Crippen LogP contribution in [0.5, 0.6) is 5.75 Å². The number of allylic oxidation sites excluding steroid dienone is 1. The molecule has 0 aliphatic carbocycles. The Morgan fingerprint density at radius 3 is 2.39 bits per heavy atom. The minimum Gasteiger partial charge on any atom is -0.497 e. The van der Waals surface area contributed by atoms with Crippen LogP contribution in [0.3, 0.4) is 0 Å². The van der Waals surface area contributed by atoms with E-state index in [2.05, 4.69) is 17.6 Å². The number of cyclic esters (lactones) is 1. The first-order chi connectivity index (χ1) is 21.1. The number of hydrogen-bond acceptors (Lipinski definition) is 7. The Labute approximate surface area is 259 Å². The largest absolute Gasteiger partial charge is 0.497 e. The standard InChI is InChI=1S/C35H44N2O7/c1-22(2)19-30-29(38)21-26(23(3)33-34(44-33)25-9-6-5-7-10-25)11-8-12-31(39)37-28(35(41)36-18-17-32(40)43-30)20-24-13-15-27(42-4)16-14-24/h5-10,12-16,22-23,26,28,30,33-34H,11,17-21H2,1-4H3,(H,36,41)(H,37,39)/b12-8+/t23-,26+,28+,30-,33+,34+/m0/s1. The van der Waals surface area contributed by atoms with Crippen molar-refractivity contribution in [2.24, 2.45) is 17.8 Å². The van der Waals surface area contributed by atoms with E-state index in [4.69, 9.17) is 14.2 Å². The molecule has 2 aliphatic rings. The van der Waals surface area contributed by atoms with Crippen LogP contribution in [-0.4, -0.2) is 55.5 Å². The normalized spacial score (nSPS) is 26.7. The third-order valence-corrected chi connectivity index (χ3v) is 8.27. The van der Waals surface area contributed by atoms with Crippen LogP contribution in [-0.2, 0) is 35.1 Å². The summed E-state index contributed by atoms with van der Waals surface area (Å²) < 4.78 is 17.0. The van der Waals surface area contributed by atoms with E-state index in [1.807, 2.05) is 56.3 Å². The van der Waals surface area contributed by atoms with Crippen molar-refractivity contribution in [2.45, 2.75) is 77.2 Å². The van der Waals surface area contributed by atoms with Gasteiger partial charge in [-0.3, -0.25) is 19.2 Å². The fourth-order valence-electron chi connectivity index (χ4n) is 5.65. The summed E-state index contributed by atoms with van der Waals surface area (Å²) in [5.41, 5.74) is 1.93. The number of ketones is 1. The summed E-state index contributed by atoms with van der Waals surface area (Å²) in [5.74, 6) is -0.849. The smallest absolute Gasteiger partial charge is 0.308 e. The van der Waals surface area contributed by atoms with Crippen LogP contribution in [0.15, 0.2) is 66.7 Å². The lowest BCUT2D eigenvalue weighted by atomic mass is 9.81. The quantitative estimate of drug-likeness (QED) is 0.336. The summed E-state index contributed by atoms with van der Waals surface area (Å²) in [6.45, 7) is 6.04. The highest BCUT2D eigenvalue weighted by molar-refractivity contribution is 5.93. The van der Waals surface area contributed by atoms with Crippen molar-refractivity contribution < 1.29 is 33.4 Å². The number of methoxy groups -OCH3 is 1. The molecular formula is C35H44N2O7. The summed E-state index contributed by atoms with van der Waals surface area (Å²) >= 11 is 0. The van der Waals surface area contributed by atoms with Gasteiger partial charge in [0.15, 0.2) is 11.9 Å². The molecule has 236 valence electrons. The van der Waals surface area contributed by atoms with Gasteiger partial charge in [0, 0.05) is 19.4 Å². The zero-order chi connectivity index (χ0) is 31.6. The summed E-state index contributed by atoms with van der Waals surface area (Å²) in [4.78, 5) is 52.5. The molecule has 1 saturated heterocycles. The van der Waals surface area contributed by atoms with Crippen molar-refractivity contribution in [1.29, 1.82) is 0 Å². The average molecular weight is 605 g/mol. The molecule has 2 N–H and O–H groups in total. The molecule has 0 saturated carbocycles. The summed E-state index contributed by atoms with van der Waals surface area (Å²) in [6.07, 6.45) is 3.40. The number of amides is 2. The van der Waals surface area contributed by atoms with Crippen LogP contribution in [0.25, 0.3) is 0 Å². The molecule has 9 nitrogen and oxygen atoms in total. The molecule has 2 heterocycles. The fourth-order valence-corrected chi connectivity index (χ4v) is 5.65. The van der Waals surface area contributed by atoms with Crippen LogP contribution >= 0.6 is 0 Å². The summed E-state index contributed by atoms with van der Waals surface area (Å²) in [7, 11) is 1.58. The molecule has 0 spiro atoms. The van der Waals surface area contributed by atoms with Crippen LogP contribution in [0.4, 0.5) is 0 Å². The second-order valence-electron chi connectivity index (χ2n) is 12.1. The lowest BCUT2D eigenvalue weighted by molar-refractivity contribution is -0.156. The molecule has 2 aliphatic heterocycles. The number of hydrogen-bond donors (Lipinski definition) is 2. The van der Waals surface area contributed by atoms with Crippen molar-refractivity contribution in [3.63, 3.8) is 0 Å². The van der Waals surface area contributed by atoms with Crippen LogP contribution in [0, 0.1) is 17.8 Å². The molecule has 44 heavy (non-hydrogen) atoms. The van der Waals surface area contributed by atoms with Gasteiger partial charge in [0.25, 0.3) is 0 Å². The van der Waals surface area contributed by atoms with E-state index in [9.17, 15) is 19.2 Å². The van der Waals surface area contributed by atoms with E-state index in [0.717, 1.165) is 11.1 Å². The maximum atomic E-state index is 13.6. The highest BCUT2D eigenvalue weighted by Gasteiger charge is 2.46. The van der Waals surface area contributed by atoms with Gasteiger partial charge in [-0.1, -0.05) is 69.3 Å². The average Bonchev–Trinajstić information content (AvgIpc) is 3.81. The zero-order valence-corrected chi connectivity index (χ0v) is 26.0. The lowest BCUT2D eigenvalue weighted by Crippen LogP contribution is -2.48.